The topological polar surface area (TPSA) is 100 Å². The lowest BCUT2D eigenvalue weighted by atomic mass is 9.97. The minimum atomic E-state index is -4.50. The first kappa shape index (κ1) is 22.0. The monoisotopic (exact) mass is 451 g/mol. The fourth-order valence-corrected chi connectivity index (χ4v) is 3.45. The van der Waals surface area contributed by atoms with Gasteiger partial charge in [0.05, 0.1) is 24.0 Å². The number of halogens is 3. The second-order valence-electron chi connectivity index (χ2n) is 7.32. The molecule has 1 aliphatic heterocycles. The van der Waals surface area contributed by atoms with Gasteiger partial charge in [-0.2, -0.15) is 18.3 Å². The maximum absolute atomic E-state index is 12.8. The van der Waals surface area contributed by atoms with Crippen LogP contribution in [-0.4, -0.2) is 58.8 Å². The van der Waals surface area contributed by atoms with E-state index in [9.17, 15) is 18.0 Å². The molecule has 1 aliphatic rings. The summed E-state index contributed by atoms with van der Waals surface area (Å²) in [5.41, 5.74) is -0.00522. The molecule has 3 aromatic heterocycles. The van der Waals surface area contributed by atoms with E-state index < -0.39 is 18.4 Å². The van der Waals surface area contributed by atoms with Crippen LogP contribution in [0.1, 0.15) is 19.0 Å². The van der Waals surface area contributed by atoms with E-state index >= 15 is 0 Å². The van der Waals surface area contributed by atoms with E-state index in [1.165, 1.54) is 43.2 Å². The molecule has 170 valence electrons. The Balaban J connectivity index is 1.82. The van der Waals surface area contributed by atoms with Crippen molar-refractivity contribution in [3.05, 3.63) is 36.3 Å². The normalized spacial score (nSPS) is 18.8. The Morgan fingerprint density at radius 2 is 2.12 bits per heavy atom. The number of pyridine rings is 2. The Morgan fingerprint density at radius 3 is 2.78 bits per heavy atom. The SMILES string of the molecule is COC1(c2cc(OCC(F)(F)F)cc(-n3ncc4cnc(NC(C)=O)cc43)n2)CCOC1. The molecule has 3 aromatic rings. The summed E-state index contributed by atoms with van der Waals surface area (Å²) in [6.45, 7) is 0.527. The molecule has 0 bridgehead atoms. The zero-order valence-corrected chi connectivity index (χ0v) is 17.3. The number of alkyl halides is 3. The van der Waals surface area contributed by atoms with Crippen molar-refractivity contribution in [2.75, 3.05) is 32.2 Å². The molecule has 4 rings (SSSR count). The first-order chi connectivity index (χ1) is 15.2. The fourth-order valence-electron chi connectivity index (χ4n) is 3.45. The van der Waals surface area contributed by atoms with Crippen LogP contribution in [0.3, 0.4) is 0 Å². The highest BCUT2D eigenvalue weighted by Crippen LogP contribution is 2.36. The summed E-state index contributed by atoms with van der Waals surface area (Å²) in [6.07, 6.45) is -0.961. The molecule has 1 N–H and O–H groups in total. The van der Waals surface area contributed by atoms with Crippen molar-refractivity contribution in [1.82, 2.24) is 19.7 Å². The van der Waals surface area contributed by atoms with Crippen molar-refractivity contribution >= 4 is 22.6 Å². The Bertz CT molecular complexity index is 1140. The van der Waals surface area contributed by atoms with E-state index in [1.54, 1.807) is 6.07 Å². The van der Waals surface area contributed by atoms with Crippen molar-refractivity contribution in [3.8, 4) is 11.6 Å². The molecule has 4 heterocycles. The number of ether oxygens (including phenoxy) is 3. The van der Waals surface area contributed by atoms with E-state index in [1.807, 2.05) is 0 Å². The summed E-state index contributed by atoms with van der Waals surface area (Å²) < 4.78 is 55.9. The van der Waals surface area contributed by atoms with Crippen LogP contribution in [0.4, 0.5) is 19.0 Å². The van der Waals surface area contributed by atoms with Crippen LogP contribution < -0.4 is 10.1 Å². The molecule has 1 unspecified atom stereocenters. The van der Waals surface area contributed by atoms with Gasteiger partial charge in [-0.3, -0.25) is 4.79 Å². The van der Waals surface area contributed by atoms with Crippen LogP contribution in [0.2, 0.25) is 0 Å². The lowest BCUT2D eigenvalue weighted by Gasteiger charge is -2.26. The van der Waals surface area contributed by atoms with Gasteiger partial charge >= 0.3 is 6.18 Å². The predicted molar refractivity (Wildman–Crippen MR) is 107 cm³/mol. The van der Waals surface area contributed by atoms with Gasteiger partial charge in [0, 0.05) is 56.8 Å². The van der Waals surface area contributed by atoms with Gasteiger partial charge in [-0.05, 0) is 0 Å². The highest BCUT2D eigenvalue weighted by molar-refractivity contribution is 5.90. The summed E-state index contributed by atoms with van der Waals surface area (Å²) >= 11 is 0. The molecule has 0 saturated carbocycles. The first-order valence-corrected chi connectivity index (χ1v) is 9.66. The molecule has 0 radical (unpaired) electrons. The number of anilines is 1. The maximum Gasteiger partial charge on any atom is 0.422 e. The Labute approximate surface area is 180 Å². The Hall–Kier alpha value is -3.25. The van der Waals surface area contributed by atoms with Crippen molar-refractivity contribution < 1.29 is 32.2 Å². The number of amides is 1. The molecule has 1 saturated heterocycles. The number of rotatable bonds is 6. The summed E-state index contributed by atoms with van der Waals surface area (Å²) in [5, 5.41) is 7.54. The number of hydrogen-bond donors (Lipinski definition) is 1. The molecule has 0 aliphatic carbocycles. The van der Waals surface area contributed by atoms with Crippen molar-refractivity contribution in [2.45, 2.75) is 25.1 Å². The largest absolute Gasteiger partial charge is 0.484 e. The summed E-state index contributed by atoms with van der Waals surface area (Å²) in [6, 6.07) is 4.38. The number of carbonyl (C=O) groups excluding carboxylic acids is 1. The van der Waals surface area contributed by atoms with Crippen LogP contribution >= 0.6 is 0 Å². The van der Waals surface area contributed by atoms with Crippen LogP contribution in [0.25, 0.3) is 16.7 Å². The highest BCUT2D eigenvalue weighted by atomic mass is 19.4. The Kier molecular flexibility index (Phi) is 5.73. The van der Waals surface area contributed by atoms with Gasteiger partial charge < -0.3 is 19.5 Å². The van der Waals surface area contributed by atoms with Gasteiger partial charge in [0.15, 0.2) is 12.4 Å². The highest BCUT2D eigenvalue weighted by Gasteiger charge is 2.39. The summed E-state index contributed by atoms with van der Waals surface area (Å²) in [7, 11) is 1.49. The smallest absolute Gasteiger partial charge is 0.422 e. The third-order valence-corrected chi connectivity index (χ3v) is 5.00. The summed E-state index contributed by atoms with van der Waals surface area (Å²) in [5.74, 6) is 0.187. The van der Waals surface area contributed by atoms with E-state index in [0.29, 0.717) is 35.4 Å². The average Bonchev–Trinajstić information content (AvgIpc) is 3.39. The average molecular weight is 451 g/mol. The standard InChI is InChI=1S/C20H20F3N5O4/c1-12(29)26-17-7-15-13(8-24-17)9-25-28(15)18-6-14(32-11-20(21,22)23)5-16(27-18)19(30-2)3-4-31-10-19/h5-9H,3-4,10-11H2,1-2H3,(H,24,26,29). The molecular formula is C20H20F3N5O4. The molecule has 1 atom stereocenters. The second-order valence-corrected chi connectivity index (χ2v) is 7.32. The van der Waals surface area contributed by atoms with Gasteiger partial charge in [0.1, 0.15) is 17.2 Å². The fraction of sp³-hybridized carbons (Fsp3) is 0.400. The Morgan fingerprint density at radius 1 is 1.31 bits per heavy atom. The van der Waals surface area contributed by atoms with Gasteiger partial charge in [0.25, 0.3) is 0 Å². The zero-order valence-electron chi connectivity index (χ0n) is 17.3. The van der Waals surface area contributed by atoms with Crippen molar-refractivity contribution in [1.29, 1.82) is 0 Å². The lowest BCUT2D eigenvalue weighted by Crippen LogP contribution is -2.30. The number of methoxy groups -OCH3 is 1. The number of carbonyl (C=O) groups is 1. The molecule has 0 spiro atoms. The van der Waals surface area contributed by atoms with E-state index in [4.69, 9.17) is 14.2 Å². The van der Waals surface area contributed by atoms with Crippen LogP contribution in [-0.2, 0) is 19.9 Å². The third kappa shape index (κ3) is 4.50. The van der Waals surface area contributed by atoms with Crippen LogP contribution in [0.5, 0.6) is 5.75 Å². The first-order valence-electron chi connectivity index (χ1n) is 9.66. The number of hydrogen-bond acceptors (Lipinski definition) is 7. The van der Waals surface area contributed by atoms with E-state index in [2.05, 4.69) is 20.4 Å². The van der Waals surface area contributed by atoms with E-state index in [-0.39, 0.29) is 24.1 Å². The molecular weight excluding hydrogens is 431 g/mol. The second kappa shape index (κ2) is 8.36. The van der Waals surface area contributed by atoms with Crippen molar-refractivity contribution in [3.63, 3.8) is 0 Å². The third-order valence-electron chi connectivity index (χ3n) is 5.00. The lowest BCUT2D eigenvalue weighted by molar-refractivity contribution is -0.153. The number of fused-ring (bicyclic) bond motifs is 1. The minimum Gasteiger partial charge on any atom is -0.484 e. The zero-order chi connectivity index (χ0) is 22.9. The van der Waals surface area contributed by atoms with Gasteiger partial charge in [-0.15, -0.1) is 0 Å². The van der Waals surface area contributed by atoms with Gasteiger partial charge in [-0.25, -0.2) is 14.6 Å². The minimum absolute atomic E-state index is 0.0366. The number of aromatic nitrogens is 4. The molecule has 12 heteroatoms. The maximum atomic E-state index is 12.8. The molecule has 9 nitrogen and oxygen atoms in total. The van der Waals surface area contributed by atoms with E-state index in [0.717, 1.165) is 0 Å². The molecule has 1 fully saturated rings. The van der Waals surface area contributed by atoms with Crippen LogP contribution in [0.15, 0.2) is 30.6 Å². The van der Waals surface area contributed by atoms with Crippen molar-refractivity contribution in [2.24, 2.45) is 0 Å². The van der Waals surface area contributed by atoms with Gasteiger partial charge in [-0.1, -0.05) is 0 Å². The predicted octanol–water partition coefficient (Wildman–Crippen LogP) is 2.98. The molecule has 1 amide bonds. The molecule has 32 heavy (non-hydrogen) atoms. The quantitative estimate of drug-likeness (QED) is 0.615. The molecule has 0 aromatic carbocycles. The van der Waals surface area contributed by atoms with Gasteiger partial charge in [0.2, 0.25) is 5.91 Å². The van der Waals surface area contributed by atoms with Crippen LogP contribution in [0, 0.1) is 0 Å². The summed E-state index contributed by atoms with van der Waals surface area (Å²) in [4.78, 5) is 20.1. The number of nitrogens with one attached hydrogen (secondary N) is 1. The number of nitrogens with zero attached hydrogens (tertiary/aromatic N) is 4.